The van der Waals surface area contributed by atoms with Gasteiger partial charge in [0.05, 0.1) is 22.4 Å². The minimum Gasteiger partial charge on any atom is -0.457 e. The topological polar surface area (TPSA) is 65.1 Å². The second-order valence-corrected chi connectivity index (χ2v) is 10.1. The van der Waals surface area contributed by atoms with Crippen LogP contribution in [0.2, 0.25) is 10.0 Å². The molecule has 1 unspecified atom stereocenters. The average molecular weight is 504 g/mol. The molecule has 5 rings (SSSR count). The summed E-state index contributed by atoms with van der Waals surface area (Å²) in [5.41, 5.74) is 1.92. The highest BCUT2D eigenvalue weighted by Crippen LogP contribution is 2.39. The zero-order valence-electron chi connectivity index (χ0n) is 18.8. The third-order valence-electron chi connectivity index (χ3n) is 6.97. The van der Waals surface area contributed by atoms with E-state index in [1.807, 2.05) is 11.0 Å². The van der Waals surface area contributed by atoms with Gasteiger partial charge in [0, 0.05) is 13.1 Å². The van der Waals surface area contributed by atoms with Crippen LogP contribution < -0.4 is 9.47 Å². The van der Waals surface area contributed by atoms with Crippen molar-refractivity contribution in [3.05, 3.63) is 57.6 Å². The Morgan fingerprint density at radius 3 is 2.68 bits per heavy atom. The van der Waals surface area contributed by atoms with E-state index in [-0.39, 0.29) is 25.1 Å². The van der Waals surface area contributed by atoms with Gasteiger partial charge < -0.3 is 19.1 Å². The van der Waals surface area contributed by atoms with Crippen LogP contribution in [0.3, 0.4) is 0 Å². The monoisotopic (exact) mass is 503 g/mol. The molecule has 8 heteroatoms. The van der Waals surface area contributed by atoms with Gasteiger partial charge in [-0.3, -0.25) is 9.59 Å². The van der Waals surface area contributed by atoms with Crippen molar-refractivity contribution in [2.75, 3.05) is 19.9 Å². The van der Waals surface area contributed by atoms with Crippen molar-refractivity contribution in [3.8, 4) is 11.5 Å². The lowest BCUT2D eigenvalue weighted by molar-refractivity contribution is -0.142. The highest BCUT2D eigenvalue weighted by molar-refractivity contribution is 6.42. The van der Waals surface area contributed by atoms with Gasteiger partial charge in [-0.2, -0.15) is 0 Å². The van der Waals surface area contributed by atoms with E-state index in [9.17, 15) is 9.59 Å². The fourth-order valence-electron chi connectivity index (χ4n) is 5.16. The van der Waals surface area contributed by atoms with Gasteiger partial charge in [-0.05, 0) is 67.0 Å². The van der Waals surface area contributed by atoms with Crippen molar-refractivity contribution in [1.82, 2.24) is 4.90 Å². The number of nitrogens with zero attached hydrogens (tertiary/aromatic N) is 1. The number of esters is 1. The van der Waals surface area contributed by atoms with Gasteiger partial charge in [0.25, 0.3) is 0 Å². The SMILES string of the molecule is O=C1C[C@H](C(=O)N2CCCCC(Cc3ccc4c(c3)OCO4)CC2)[C@@H](c2ccc(Cl)c(Cl)c2)O1. The van der Waals surface area contributed by atoms with Crippen LogP contribution in [-0.4, -0.2) is 36.7 Å². The van der Waals surface area contributed by atoms with Crippen LogP contribution >= 0.6 is 23.2 Å². The van der Waals surface area contributed by atoms with Crippen LogP contribution in [0, 0.1) is 11.8 Å². The van der Waals surface area contributed by atoms with Crippen molar-refractivity contribution in [2.24, 2.45) is 11.8 Å². The molecule has 3 aliphatic heterocycles. The molecule has 3 heterocycles. The molecule has 0 aromatic heterocycles. The van der Waals surface area contributed by atoms with Gasteiger partial charge in [0.2, 0.25) is 12.7 Å². The Labute approximate surface area is 209 Å². The smallest absolute Gasteiger partial charge is 0.307 e. The molecule has 2 aromatic rings. The highest BCUT2D eigenvalue weighted by Gasteiger charge is 2.42. The number of benzene rings is 2. The summed E-state index contributed by atoms with van der Waals surface area (Å²) in [4.78, 5) is 27.6. The summed E-state index contributed by atoms with van der Waals surface area (Å²) in [5, 5.41) is 0.806. The lowest BCUT2D eigenvalue weighted by atomic mass is 9.88. The van der Waals surface area contributed by atoms with Gasteiger partial charge in [-0.25, -0.2) is 0 Å². The van der Waals surface area contributed by atoms with Crippen molar-refractivity contribution in [2.45, 2.75) is 44.6 Å². The second kappa shape index (κ2) is 10.0. The van der Waals surface area contributed by atoms with E-state index in [0.29, 0.717) is 34.6 Å². The average Bonchev–Trinajstić information content (AvgIpc) is 3.43. The van der Waals surface area contributed by atoms with E-state index in [1.165, 1.54) is 5.56 Å². The van der Waals surface area contributed by atoms with E-state index >= 15 is 0 Å². The zero-order chi connectivity index (χ0) is 23.7. The Morgan fingerprint density at radius 2 is 1.82 bits per heavy atom. The number of hydrogen-bond donors (Lipinski definition) is 0. The molecule has 1 amide bonds. The first-order valence-corrected chi connectivity index (χ1v) is 12.6. The molecule has 0 N–H and O–H groups in total. The molecule has 0 saturated carbocycles. The molecule has 0 aliphatic carbocycles. The van der Waals surface area contributed by atoms with Crippen molar-refractivity contribution in [3.63, 3.8) is 0 Å². The number of hydrogen-bond acceptors (Lipinski definition) is 5. The molecule has 2 aromatic carbocycles. The Bertz CT molecular complexity index is 1090. The number of cyclic esters (lactones) is 1. The van der Waals surface area contributed by atoms with E-state index < -0.39 is 12.0 Å². The standard InChI is InChI=1S/C26H27Cl2NO5/c27-20-6-5-18(13-21(20)28)25-19(14-24(30)34-25)26(31)29-9-2-1-3-16(8-10-29)11-17-4-7-22-23(12-17)33-15-32-22/h4-7,12-13,16,19,25H,1-3,8-11,14-15H2/t16?,19-,25+/m0/s1. The molecule has 0 bridgehead atoms. The number of ether oxygens (including phenoxy) is 3. The van der Waals surface area contributed by atoms with Crippen LogP contribution in [0.4, 0.5) is 0 Å². The molecule has 34 heavy (non-hydrogen) atoms. The normalized spacial score (nSPS) is 24.5. The van der Waals surface area contributed by atoms with Gasteiger partial charge in [-0.1, -0.05) is 41.8 Å². The summed E-state index contributed by atoms with van der Waals surface area (Å²) in [5.74, 6) is 1.15. The molecular weight excluding hydrogens is 477 g/mol. The van der Waals surface area contributed by atoms with E-state index in [2.05, 4.69) is 12.1 Å². The fraction of sp³-hybridized carbons (Fsp3) is 0.462. The summed E-state index contributed by atoms with van der Waals surface area (Å²) >= 11 is 12.2. The number of likely N-dealkylation sites (tertiary alicyclic amines) is 1. The van der Waals surface area contributed by atoms with Crippen LogP contribution in [0.15, 0.2) is 36.4 Å². The lowest BCUT2D eigenvalue weighted by Crippen LogP contribution is -2.40. The number of carbonyl (C=O) groups is 2. The number of halogens is 2. The highest BCUT2D eigenvalue weighted by atomic mass is 35.5. The predicted molar refractivity (Wildman–Crippen MR) is 128 cm³/mol. The maximum Gasteiger partial charge on any atom is 0.307 e. The molecule has 0 radical (unpaired) electrons. The van der Waals surface area contributed by atoms with Crippen LogP contribution in [-0.2, 0) is 20.7 Å². The largest absolute Gasteiger partial charge is 0.457 e. The molecule has 3 aliphatic rings. The van der Waals surface area contributed by atoms with Crippen LogP contribution in [0.1, 0.15) is 49.3 Å². The summed E-state index contributed by atoms with van der Waals surface area (Å²) in [6.07, 6.45) is 4.45. The fourth-order valence-corrected chi connectivity index (χ4v) is 5.46. The molecular formula is C26H27Cl2NO5. The maximum absolute atomic E-state index is 13.5. The van der Waals surface area contributed by atoms with Gasteiger partial charge in [0.15, 0.2) is 11.5 Å². The van der Waals surface area contributed by atoms with Crippen LogP contribution in [0.25, 0.3) is 0 Å². The first-order chi connectivity index (χ1) is 16.5. The summed E-state index contributed by atoms with van der Waals surface area (Å²) in [7, 11) is 0. The van der Waals surface area contributed by atoms with E-state index in [4.69, 9.17) is 37.4 Å². The molecule has 2 fully saturated rings. The summed E-state index contributed by atoms with van der Waals surface area (Å²) in [6, 6.07) is 11.3. The number of amides is 1. The molecule has 2 saturated heterocycles. The van der Waals surface area contributed by atoms with Gasteiger partial charge in [0.1, 0.15) is 6.10 Å². The summed E-state index contributed by atoms with van der Waals surface area (Å²) in [6.45, 7) is 1.65. The minimum atomic E-state index is -0.635. The number of carbonyl (C=O) groups excluding carboxylic acids is 2. The molecule has 0 spiro atoms. The Morgan fingerprint density at radius 1 is 0.971 bits per heavy atom. The maximum atomic E-state index is 13.5. The zero-order valence-corrected chi connectivity index (χ0v) is 20.3. The number of rotatable bonds is 4. The second-order valence-electron chi connectivity index (χ2n) is 9.26. The minimum absolute atomic E-state index is 0.0225. The molecule has 180 valence electrons. The molecule has 6 nitrogen and oxygen atoms in total. The Balaban J connectivity index is 1.26. The van der Waals surface area contributed by atoms with E-state index in [1.54, 1.807) is 18.2 Å². The third kappa shape index (κ3) is 4.98. The van der Waals surface area contributed by atoms with E-state index in [0.717, 1.165) is 43.6 Å². The van der Waals surface area contributed by atoms with Gasteiger partial charge >= 0.3 is 5.97 Å². The quantitative estimate of drug-likeness (QED) is 0.508. The van der Waals surface area contributed by atoms with Crippen LogP contribution in [0.5, 0.6) is 11.5 Å². The van der Waals surface area contributed by atoms with Crippen molar-refractivity contribution in [1.29, 1.82) is 0 Å². The molecule has 3 atom stereocenters. The Kier molecular flexibility index (Phi) is 6.89. The lowest BCUT2D eigenvalue weighted by Gasteiger charge is -2.31. The Hall–Kier alpha value is -2.44. The van der Waals surface area contributed by atoms with Crippen molar-refractivity contribution >= 4 is 35.1 Å². The third-order valence-corrected chi connectivity index (χ3v) is 7.71. The first kappa shape index (κ1) is 23.3. The summed E-state index contributed by atoms with van der Waals surface area (Å²) < 4.78 is 16.5. The number of fused-ring (bicyclic) bond motifs is 1. The van der Waals surface area contributed by atoms with Crippen molar-refractivity contribution < 1.29 is 23.8 Å². The first-order valence-electron chi connectivity index (χ1n) is 11.8. The predicted octanol–water partition coefficient (Wildman–Crippen LogP) is 5.59. The van der Waals surface area contributed by atoms with Gasteiger partial charge in [-0.15, -0.1) is 0 Å².